The van der Waals surface area contributed by atoms with E-state index in [4.69, 9.17) is 0 Å². The van der Waals surface area contributed by atoms with E-state index < -0.39 is 64.4 Å². The summed E-state index contributed by atoms with van der Waals surface area (Å²) in [6, 6.07) is 0.640. The van der Waals surface area contributed by atoms with Crippen molar-refractivity contribution >= 4 is 34.7 Å². The first-order chi connectivity index (χ1) is 19.3. The molecule has 2 unspecified atom stereocenters. The van der Waals surface area contributed by atoms with Gasteiger partial charge in [-0.05, 0) is 69.3 Å². The quantitative estimate of drug-likeness (QED) is 0.358. The normalized spacial score (nSPS) is 30.6. The Morgan fingerprint density at radius 3 is 2.39 bits per heavy atom. The number of aromatic hydroxyl groups is 1. The van der Waals surface area contributed by atoms with Crippen LogP contribution < -0.4 is 10.2 Å². The molecule has 1 aromatic carbocycles. The number of hydrogen-bond donors (Lipinski definition) is 3. The van der Waals surface area contributed by atoms with Gasteiger partial charge in [0.05, 0.1) is 23.1 Å². The minimum Gasteiger partial charge on any atom is -0.506 e. The largest absolute Gasteiger partial charge is 0.506 e. The minimum atomic E-state index is -2.71. The summed E-state index contributed by atoms with van der Waals surface area (Å²) < 4.78 is 0. The molecule has 0 spiro atoms. The molecule has 4 aliphatic carbocycles. The number of phenolic OH excluding ortho intramolecular Hbond substituents is 1. The van der Waals surface area contributed by atoms with Gasteiger partial charge in [-0.1, -0.05) is 17.9 Å². The second kappa shape index (κ2) is 10.2. The molecule has 0 aliphatic heterocycles. The number of benzene rings is 1. The maximum absolute atomic E-state index is 14.1. The standard InChI is InChI=1S/C31H35N3O7/c1-32-30(40)23-27(37)24(34(4)5)19-13-17-12-18-20(33(2)3)14-16(11-10-15-8-6-7-9-15)25(35)22(18)26(36)21(17)28(38)31(19,41)29(23)39/h8,14,17,19,21,23-24,35,41H,6-7,9,12-13H2,1-5H3,(H,32,40)/t17-,19-,21?,23?,24-,31-/m0/s1. The van der Waals surface area contributed by atoms with Gasteiger partial charge in [-0.3, -0.25) is 28.9 Å². The number of anilines is 1. The molecule has 10 heteroatoms. The van der Waals surface area contributed by atoms with Gasteiger partial charge in [0.2, 0.25) is 5.91 Å². The summed E-state index contributed by atoms with van der Waals surface area (Å²) >= 11 is 0. The van der Waals surface area contributed by atoms with E-state index in [1.165, 1.54) is 11.9 Å². The molecule has 2 saturated carbocycles. The number of amides is 1. The molecule has 6 atom stereocenters. The molecule has 2 fully saturated rings. The highest BCUT2D eigenvalue weighted by Crippen LogP contribution is 2.52. The van der Waals surface area contributed by atoms with Crippen LogP contribution >= 0.6 is 0 Å². The van der Waals surface area contributed by atoms with Gasteiger partial charge in [0.15, 0.2) is 34.7 Å². The van der Waals surface area contributed by atoms with Gasteiger partial charge in [0.25, 0.3) is 0 Å². The van der Waals surface area contributed by atoms with Crippen molar-refractivity contribution in [3.8, 4) is 17.6 Å². The molecule has 10 nitrogen and oxygen atoms in total. The van der Waals surface area contributed by atoms with Crippen LogP contribution in [0.3, 0.4) is 0 Å². The summed E-state index contributed by atoms with van der Waals surface area (Å²) in [7, 11) is 8.06. The number of aliphatic hydroxyl groups is 1. The van der Waals surface area contributed by atoms with Crippen LogP contribution in [0.4, 0.5) is 5.69 Å². The number of carbonyl (C=O) groups excluding carboxylic acids is 5. The Morgan fingerprint density at radius 2 is 1.80 bits per heavy atom. The third-order valence-corrected chi connectivity index (χ3v) is 9.14. The van der Waals surface area contributed by atoms with Crippen molar-refractivity contribution in [1.82, 2.24) is 10.2 Å². The fraction of sp³-hybridized carbons (Fsp3) is 0.516. The van der Waals surface area contributed by atoms with E-state index in [-0.39, 0.29) is 29.7 Å². The molecule has 5 rings (SSSR count). The third-order valence-electron chi connectivity index (χ3n) is 9.14. The highest BCUT2D eigenvalue weighted by molar-refractivity contribution is 6.32. The molecule has 41 heavy (non-hydrogen) atoms. The lowest BCUT2D eigenvalue weighted by atomic mass is 9.52. The van der Waals surface area contributed by atoms with E-state index in [9.17, 15) is 34.2 Å². The Balaban J connectivity index is 1.64. The predicted molar refractivity (Wildman–Crippen MR) is 149 cm³/mol. The van der Waals surface area contributed by atoms with Crippen molar-refractivity contribution in [2.75, 3.05) is 40.1 Å². The SMILES string of the molecule is CNC(=O)C1C(=O)[C@@H](N(C)C)[C@@H]2C[C@@H]3Cc4c(N(C)C)cc(C#CC5=CCCC5)c(O)c4C(=O)C3C(=O)[C@]2(O)C1=O. The average molecular weight is 562 g/mol. The van der Waals surface area contributed by atoms with Crippen LogP contribution in [-0.4, -0.2) is 91.0 Å². The number of hydrogen-bond acceptors (Lipinski definition) is 9. The van der Waals surface area contributed by atoms with Crippen molar-refractivity contribution < 1.29 is 34.2 Å². The van der Waals surface area contributed by atoms with E-state index in [1.54, 1.807) is 20.2 Å². The number of Topliss-reactive ketones (excluding diaryl/α,β-unsaturated/α-hetero) is 4. The average Bonchev–Trinajstić information content (AvgIpc) is 3.43. The Kier molecular flexibility index (Phi) is 7.16. The van der Waals surface area contributed by atoms with Crippen LogP contribution in [0.5, 0.6) is 5.75 Å². The second-order valence-corrected chi connectivity index (χ2v) is 11.9. The van der Waals surface area contributed by atoms with Crippen molar-refractivity contribution in [2.45, 2.75) is 43.7 Å². The monoisotopic (exact) mass is 561 g/mol. The van der Waals surface area contributed by atoms with Crippen molar-refractivity contribution in [3.05, 3.63) is 34.4 Å². The summed E-state index contributed by atoms with van der Waals surface area (Å²) in [5, 5.41) is 25.4. The number of nitrogens with zero attached hydrogens (tertiary/aromatic N) is 2. The summed E-state index contributed by atoms with van der Waals surface area (Å²) in [6.07, 6.45) is 5.08. The molecular weight excluding hydrogens is 526 g/mol. The van der Waals surface area contributed by atoms with E-state index in [0.717, 1.165) is 24.8 Å². The number of ketones is 4. The number of rotatable bonds is 3. The van der Waals surface area contributed by atoms with Gasteiger partial charge >= 0.3 is 0 Å². The highest BCUT2D eigenvalue weighted by Gasteiger charge is 2.69. The zero-order valence-electron chi connectivity index (χ0n) is 23.9. The topological polar surface area (TPSA) is 144 Å². The Morgan fingerprint density at radius 1 is 1.10 bits per heavy atom. The molecule has 216 valence electrons. The number of nitrogens with one attached hydrogen (secondary N) is 1. The van der Waals surface area contributed by atoms with Crippen LogP contribution in [0, 0.1) is 35.5 Å². The first-order valence-electron chi connectivity index (χ1n) is 13.9. The van der Waals surface area contributed by atoms with Gasteiger partial charge in [0, 0.05) is 32.7 Å². The number of allylic oxidation sites excluding steroid dienone is 2. The molecule has 1 amide bonds. The lowest BCUT2D eigenvalue weighted by Gasteiger charge is -2.52. The highest BCUT2D eigenvalue weighted by atomic mass is 16.3. The molecule has 4 aliphatic rings. The zero-order valence-corrected chi connectivity index (χ0v) is 23.9. The summed E-state index contributed by atoms with van der Waals surface area (Å²) in [5.41, 5.74) is -0.312. The Bertz CT molecular complexity index is 1480. The Labute approximate surface area is 238 Å². The molecule has 0 bridgehead atoms. The number of carbonyl (C=O) groups is 5. The van der Waals surface area contributed by atoms with Gasteiger partial charge in [-0.2, -0.15) is 0 Å². The molecule has 0 aromatic heterocycles. The Hall–Kier alpha value is -3.81. The van der Waals surface area contributed by atoms with Gasteiger partial charge in [-0.15, -0.1) is 0 Å². The van der Waals surface area contributed by atoms with Gasteiger partial charge in [-0.25, -0.2) is 0 Å². The third kappa shape index (κ3) is 4.21. The van der Waals surface area contributed by atoms with E-state index in [2.05, 4.69) is 17.2 Å². The molecule has 0 heterocycles. The molecule has 0 saturated heterocycles. The maximum atomic E-state index is 14.1. The van der Waals surface area contributed by atoms with Crippen LogP contribution in [0.25, 0.3) is 0 Å². The van der Waals surface area contributed by atoms with Crippen molar-refractivity contribution in [3.63, 3.8) is 0 Å². The van der Waals surface area contributed by atoms with Crippen LogP contribution in [-0.2, 0) is 25.6 Å². The summed E-state index contributed by atoms with van der Waals surface area (Å²) in [5.74, 6) is -3.83. The molecule has 1 aromatic rings. The summed E-state index contributed by atoms with van der Waals surface area (Å²) in [4.78, 5) is 71.2. The first kappa shape index (κ1) is 28.7. The van der Waals surface area contributed by atoms with Crippen molar-refractivity contribution in [2.24, 2.45) is 23.7 Å². The van der Waals surface area contributed by atoms with Crippen LogP contribution in [0.1, 0.15) is 47.2 Å². The van der Waals surface area contributed by atoms with Crippen LogP contribution in [0.2, 0.25) is 0 Å². The van der Waals surface area contributed by atoms with Crippen LogP contribution in [0.15, 0.2) is 17.7 Å². The first-order valence-corrected chi connectivity index (χ1v) is 13.9. The van der Waals surface area contributed by atoms with E-state index in [0.29, 0.717) is 11.3 Å². The molecule has 0 radical (unpaired) electrons. The summed E-state index contributed by atoms with van der Waals surface area (Å²) in [6.45, 7) is 0. The van der Waals surface area contributed by atoms with Gasteiger partial charge < -0.3 is 20.4 Å². The van der Waals surface area contributed by atoms with E-state index >= 15 is 0 Å². The lowest BCUT2D eigenvalue weighted by molar-refractivity contribution is -0.181. The molecule has 3 N–H and O–H groups in total. The second-order valence-electron chi connectivity index (χ2n) is 11.9. The maximum Gasteiger partial charge on any atom is 0.238 e. The lowest BCUT2D eigenvalue weighted by Crippen LogP contribution is -2.74. The molecular formula is C31H35N3O7. The smallest absolute Gasteiger partial charge is 0.238 e. The van der Waals surface area contributed by atoms with Crippen molar-refractivity contribution in [1.29, 1.82) is 0 Å². The van der Waals surface area contributed by atoms with E-state index in [1.807, 2.05) is 25.1 Å². The number of likely N-dealkylation sites (N-methyl/N-ethyl adjacent to an activating group) is 1. The fourth-order valence-corrected chi connectivity index (χ4v) is 7.20. The number of fused-ring (bicyclic) bond motifs is 3. The minimum absolute atomic E-state index is 0.0300. The van der Waals surface area contributed by atoms with Gasteiger partial charge in [0.1, 0.15) is 5.75 Å². The predicted octanol–water partition coefficient (Wildman–Crippen LogP) is 0.656. The zero-order chi connectivity index (χ0) is 30.0. The number of phenols is 1. The fourth-order valence-electron chi connectivity index (χ4n) is 7.20.